The highest BCUT2D eigenvalue weighted by atomic mass is 79.9. The number of ether oxygens (including phenoxy) is 1. The summed E-state index contributed by atoms with van der Waals surface area (Å²) in [5.74, 6) is 0.995. The fourth-order valence-corrected chi connectivity index (χ4v) is 1.52. The zero-order valence-corrected chi connectivity index (χ0v) is 10.3. The van der Waals surface area contributed by atoms with Crippen LogP contribution in [0.25, 0.3) is 0 Å². The van der Waals surface area contributed by atoms with E-state index in [1.54, 1.807) is 13.4 Å². The zero-order chi connectivity index (χ0) is 10.6. The number of hydrogen-bond donors (Lipinski definition) is 0. The van der Waals surface area contributed by atoms with Crippen molar-refractivity contribution < 1.29 is 4.74 Å². The zero-order valence-electron chi connectivity index (χ0n) is 8.70. The molecule has 0 aliphatic carbocycles. The lowest BCUT2D eigenvalue weighted by atomic mass is 10.0. The van der Waals surface area contributed by atoms with Crippen molar-refractivity contribution in [2.24, 2.45) is 0 Å². The van der Waals surface area contributed by atoms with Crippen LogP contribution in [-0.4, -0.2) is 21.9 Å². The van der Waals surface area contributed by atoms with Crippen LogP contribution in [0.15, 0.2) is 12.4 Å². The highest BCUT2D eigenvalue weighted by Crippen LogP contribution is 2.26. The van der Waals surface area contributed by atoms with Crippen LogP contribution in [0.5, 0.6) is 5.88 Å². The van der Waals surface area contributed by atoms with Crippen LogP contribution in [0.3, 0.4) is 0 Å². The van der Waals surface area contributed by atoms with Gasteiger partial charge in [0.15, 0.2) is 0 Å². The van der Waals surface area contributed by atoms with Crippen LogP contribution in [0.4, 0.5) is 0 Å². The third kappa shape index (κ3) is 2.67. The smallest absolute Gasteiger partial charge is 0.216 e. The van der Waals surface area contributed by atoms with Crippen LogP contribution >= 0.6 is 15.9 Å². The Bertz CT molecular complexity index is 293. The Hall–Kier alpha value is -0.640. The van der Waals surface area contributed by atoms with E-state index in [1.165, 1.54) is 0 Å². The predicted octanol–water partition coefficient (Wildman–Crippen LogP) is 2.76. The average molecular weight is 259 g/mol. The van der Waals surface area contributed by atoms with Gasteiger partial charge in [0.05, 0.1) is 12.8 Å². The van der Waals surface area contributed by atoms with Gasteiger partial charge in [0.2, 0.25) is 5.88 Å². The van der Waals surface area contributed by atoms with Crippen LogP contribution in [-0.2, 0) is 0 Å². The third-order valence-electron chi connectivity index (χ3n) is 2.27. The molecule has 1 rings (SSSR count). The van der Waals surface area contributed by atoms with E-state index in [4.69, 9.17) is 4.74 Å². The minimum Gasteiger partial charge on any atom is -0.481 e. The van der Waals surface area contributed by atoms with Crippen molar-refractivity contribution in [1.82, 2.24) is 9.97 Å². The molecule has 3 nitrogen and oxygen atoms in total. The second-order valence-corrected chi connectivity index (χ2v) is 4.37. The molecule has 0 fully saturated rings. The molecule has 0 aromatic carbocycles. The SMILES string of the molecule is CCC(Br)C(C)c1cc(OC)ncn1. The predicted molar refractivity (Wildman–Crippen MR) is 60.0 cm³/mol. The van der Waals surface area contributed by atoms with Gasteiger partial charge in [-0.1, -0.05) is 29.8 Å². The van der Waals surface area contributed by atoms with Crippen LogP contribution in [0.2, 0.25) is 0 Å². The summed E-state index contributed by atoms with van der Waals surface area (Å²) in [7, 11) is 1.61. The van der Waals surface area contributed by atoms with Gasteiger partial charge < -0.3 is 4.74 Å². The molecule has 1 heterocycles. The molecule has 0 saturated carbocycles. The third-order valence-corrected chi connectivity index (χ3v) is 3.71. The highest BCUT2D eigenvalue weighted by Gasteiger charge is 2.16. The first kappa shape index (κ1) is 11.4. The van der Waals surface area contributed by atoms with Crippen molar-refractivity contribution >= 4 is 15.9 Å². The fraction of sp³-hybridized carbons (Fsp3) is 0.600. The van der Waals surface area contributed by atoms with E-state index in [0.29, 0.717) is 16.6 Å². The maximum absolute atomic E-state index is 5.05. The summed E-state index contributed by atoms with van der Waals surface area (Å²) in [6.45, 7) is 4.29. The van der Waals surface area contributed by atoms with Crippen molar-refractivity contribution in [2.75, 3.05) is 7.11 Å². The Balaban J connectivity index is 2.83. The van der Waals surface area contributed by atoms with Crippen LogP contribution < -0.4 is 4.74 Å². The first-order valence-corrected chi connectivity index (χ1v) is 5.60. The largest absolute Gasteiger partial charge is 0.481 e. The molecule has 1 aromatic rings. The Labute approximate surface area is 93.0 Å². The number of rotatable bonds is 4. The molecule has 1 aromatic heterocycles. The lowest BCUT2D eigenvalue weighted by molar-refractivity contribution is 0.395. The topological polar surface area (TPSA) is 35.0 Å². The van der Waals surface area contributed by atoms with Gasteiger partial charge in [0.25, 0.3) is 0 Å². The van der Waals surface area contributed by atoms with Crippen molar-refractivity contribution in [3.63, 3.8) is 0 Å². The minimum atomic E-state index is 0.372. The van der Waals surface area contributed by atoms with Gasteiger partial charge in [-0.3, -0.25) is 0 Å². The summed E-state index contributed by atoms with van der Waals surface area (Å²) in [5.41, 5.74) is 1.01. The van der Waals surface area contributed by atoms with E-state index in [0.717, 1.165) is 12.1 Å². The van der Waals surface area contributed by atoms with Crippen molar-refractivity contribution in [1.29, 1.82) is 0 Å². The molecule has 0 bridgehead atoms. The lowest BCUT2D eigenvalue weighted by Gasteiger charge is -2.15. The summed E-state index contributed by atoms with van der Waals surface area (Å²) in [4.78, 5) is 8.66. The molecule has 0 radical (unpaired) electrons. The van der Waals surface area contributed by atoms with E-state index in [-0.39, 0.29) is 0 Å². The molecule has 0 aliphatic heterocycles. The monoisotopic (exact) mass is 258 g/mol. The van der Waals surface area contributed by atoms with Gasteiger partial charge in [-0.25, -0.2) is 9.97 Å². The quantitative estimate of drug-likeness (QED) is 0.780. The Morgan fingerprint density at radius 1 is 1.50 bits per heavy atom. The number of methoxy groups -OCH3 is 1. The Morgan fingerprint density at radius 3 is 2.79 bits per heavy atom. The van der Waals surface area contributed by atoms with Gasteiger partial charge >= 0.3 is 0 Å². The number of nitrogens with zero attached hydrogens (tertiary/aromatic N) is 2. The van der Waals surface area contributed by atoms with Crippen molar-refractivity contribution in [3.05, 3.63) is 18.1 Å². The molecule has 0 spiro atoms. The molecule has 4 heteroatoms. The normalized spacial score (nSPS) is 14.9. The van der Waals surface area contributed by atoms with Gasteiger partial charge in [0, 0.05) is 16.8 Å². The molecule has 0 aliphatic rings. The summed E-state index contributed by atoms with van der Waals surface area (Å²) < 4.78 is 5.05. The van der Waals surface area contributed by atoms with E-state index < -0.39 is 0 Å². The van der Waals surface area contributed by atoms with Crippen LogP contribution in [0, 0.1) is 0 Å². The van der Waals surface area contributed by atoms with Crippen molar-refractivity contribution in [3.8, 4) is 5.88 Å². The molecule has 0 amide bonds. The number of aromatic nitrogens is 2. The number of hydrogen-bond acceptors (Lipinski definition) is 3. The fourth-order valence-electron chi connectivity index (χ4n) is 1.25. The second-order valence-electron chi connectivity index (χ2n) is 3.20. The average Bonchev–Trinajstić information content (AvgIpc) is 2.27. The van der Waals surface area contributed by atoms with E-state index in [9.17, 15) is 0 Å². The summed E-state index contributed by atoms with van der Waals surface area (Å²) >= 11 is 3.62. The standard InChI is InChI=1S/C10H15BrN2O/c1-4-8(11)7(2)9-5-10(14-3)13-6-12-9/h5-8H,4H2,1-3H3. The molecule has 2 atom stereocenters. The molecular weight excluding hydrogens is 244 g/mol. The minimum absolute atomic E-state index is 0.372. The van der Waals surface area contributed by atoms with Gasteiger partial charge in [-0.15, -0.1) is 0 Å². The van der Waals surface area contributed by atoms with E-state index in [2.05, 4.69) is 39.7 Å². The molecule has 0 saturated heterocycles. The molecule has 0 N–H and O–H groups in total. The van der Waals surface area contributed by atoms with E-state index >= 15 is 0 Å². The molecule has 2 unspecified atom stereocenters. The summed E-state index contributed by atoms with van der Waals surface area (Å²) in [5, 5.41) is 0. The first-order valence-electron chi connectivity index (χ1n) is 4.69. The number of halogens is 1. The van der Waals surface area contributed by atoms with E-state index in [1.807, 2.05) is 6.07 Å². The maximum Gasteiger partial charge on any atom is 0.216 e. The number of alkyl halides is 1. The molecule has 14 heavy (non-hydrogen) atoms. The van der Waals surface area contributed by atoms with Gasteiger partial charge in [0.1, 0.15) is 6.33 Å². The Morgan fingerprint density at radius 2 is 2.21 bits per heavy atom. The van der Waals surface area contributed by atoms with Crippen molar-refractivity contribution in [2.45, 2.75) is 31.0 Å². The molecular formula is C10H15BrN2O. The highest BCUT2D eigenvalue weighted by molar-refractivity contribution is 9.09. The second kappa shape index (κ2) is 5.29. The summed E-state index contributed by atoms with van der Waals surface area (Å²) in [6, 6.07) is 1.88. The Kier molecular flexibility index (Phi) is 4.32. The van der Waals surface area contributed by atoms with Gasteiger partial charge in [-0.2, -0.15) is 0 Å². The lowest BCUT2D eigenvalue weighted by Crippen LogP contribution is -2.09. The maximum atomic E-state index is 5.05. The molecule has 78 valence electrons. The summed E-state index contributed by atoms with van der Waals surface area (Å²) in [6.07, 6.45) is 2.62. The first-order chi connectivity index (χ1) is 6.69. The van der Waals surface area contributed by atoms with Crippen LogP contribution in [0.1, 0.15) is 31.9 Å². The van der Waals surface area contributed by atoms with Gasteiger partial charge in [-0.05, 0) is 6.42 Å².